The van der Waals surface area contributed by atoms with E-state index in [1.165, 1.54) is 18.3 Å². The second-order valence-corrected chi connectivity index (χ2v) is 5.65. The first-order valence-electron chi connectivity index (χ1n) is 6.20. The molecule has 0 aliphatic carbocycles. The number of nitrogens with two attached hydrogens (primary N) is 1. The molecular weight excluding hydrogens is 292 g/mol. The highest BCUT2D eigenvalue weighted by atomic mass is 32.2. The Kier molecular flexibility index (Phi) is 4.79. The minimum absolute atomic E-state index is 0.0271. The summed E-state index contributed by atoms with van der Waals surface area (Å²) in [5.74, 6) is -0.432. The molecule has 2 rings (SSSR count). The lowest BCUT2D eigenvalue weighted by Crippen LogP contribution is -2.18. The van der Waals surface area contributed by atoms with E-state index in [0.717, 1.165) is 0 Å². The molecule has 2 N–H and O–H groups in total. The van der Waals surface area contributed by atoms with Crippen LogP contribution in [0.2, 0.25) is 0 Å². The van der Waals surface area contributed by atoms with E-state index in [0.29, 0.717) is 5.56 Å². The van der Waals surface area contributed by atoms with E-state index in [9.17, 15) is 13.2 Å². The second kappa shape index (κ2) is 6.57. The van der Waals surface area contributed by atoms with Crippen molar-refractivity contribution in [2.45, 2.75) is 5.03 Å². The Morgan fingerprint density at radius 2 is 1.86 bits per heavy atom. The van der Waals surface area contributed by atoms with Gasteiger partial charge in [0.1, 0.15) is 0 Å². The molecule has 0 aliphatic heterocycles. The van der Waals surface area contributed by atoms with E-state index in [-0.39, 0.29) is 18.7 Å². The van der Waals surface area contributed by atoms with Gasteiger partial charge in [-0.1, -0.05) is 30.3 Å². The van der Waals surface area contributed by atoms with Crippen LogP contribution >= 0.6 is 0 Å². The maximum absolute atomic E-state index is 12.4. The average Bonchev–Trinajstić information content (AvgIpc) is 2.53. The average molecular weight is 306 g/mol. The zero-order valence-electron chi connectivity index (χ0n) is 11.1. The minimum atomic E-state index is -4.12. The highest BCUT2D eigenvalue weighted by Gasteiger charge is 2.25. The van der Waals surface area contributed by atoms with E-state index in [4.69, 9.17) is 9.92 Å². The predicted octanol–water partition coefficient (Wildman–Crippen LogP) is 0.977. The van der Waals surface area contributed by atoms with Gasteiger partial charge >= 0.3 is 10.1 Å². The number of rotatable bonds is 6. The van der Waals surface area contributed by atoms with E-state index < -0.39 is 20.9 Å². The van der Waals surface area contributed by atoms with Crippen LogP contribution in [0, 0.1) is 0 Å². The van der Waals surface area contributed by atoms with Crippen LogP contribution in [0.25, 0.3) is 0 Å². The Morgan fingerprint density at radius 3 is 2.52 bits per heavy atom. The molecule has 1 aromatic carbocycles. The Hall–Kier alpha value is -2.09. The predicted molar refractivity (Wildman–Crippen MR) is 76.3 cm³/mol. The molecule has 1 heterocycles. The number of pyridine rings is 1. The van der Waals surface area contributed by atoms with Crippen molar-refractivity contribution in [2.75, 3.05) is 13.2 Å². The standard InChI is InChI=1S/C14H14N2O4S/c15-8-10-20-21(18,19)14-12(7-4-9-16-14)13(17)11-5-2-1-3-6-11/h1-7,9H,8,10,15H2. The number of nitrogens with zero attached hydrogens (tertiary/aromatic N) is 1. The summed E-state index contributed by atoms with van der Waals surface area (Å²) < 4.78 is 28.8. The van der Waals surface area contributed by atoms with Gasteiger partial charge in [-0.2, -0.15) is 8.42 Å². The number of hydrogen-bond donors (Lipinski definition) is 1. The largest absolute Gasteiger partial charge is 0.328 e. The van der Waals surface area contributed by atoms with E-state index in [1.54, 1.807) is 30.3 Å². The van der Waals surface area contributed by atoms with Crippen LogP contribution in [0.1, 0.15) is 15.9 Å². The number of carbonyl (C=O) groups excluding carboxylic acids is 1. The summed E-state index contributed by atoms with van der Waals surface area (Å²) >= 11 is 0. The molecule has 0 saturated heterocycles. The molecular formula is C14H14N2O4S. The van der Waals surface area contributed by atoms with Gasteiger partial charge in [0.2, 0.25) is 0 Å². The van der Waals surface area contributed by atoms with Crippen LogP contribution in [-0.4, -0.2) is 32.3 Å². The Morgan fingerprint density at radius 1 is 1.14 bits per heavy atom. The molecule has 110 valence electrons. The molecule has 7 heteroatoms. The smallest absolute Gasteiger partial charge is 0.315 e. The van der Waals surface area contributed by atoms with Crippen molar-refractivity contribution in [3.8, 4) is 0 Å². The Bertz CT molecular complexity index is 730. The first-order valence-corrected chi connectivity index (χ1v) is 7.61. The quantitative estimate of drug-likeness (QED) is 0.631. The third kappa shape index (κ3) is 3.52. The topological polar surface area (TPSA) is 99.3 Å². The van der Waals surface area contributed by atoms with Crippen LogP contribution in [-0.2, 0) is 14.3 Å². The number of hydrogen-bond acceptors (Lipinski definition) is 6. The fourth-order valence-electron chi connectivity index (χ4n) is 1.72. The van der Waals surface area contributed by atoms with Crippen LogP contribution in [0.15, 0.2) is 53.7 Å². The fraction of sp³-hybridized carbons (Fsp3) is 0.143. The van der Waals surface area contributed by atoms with E-state index >= 15 is 0 Å². The summed E-state index contributed by atoms with van der Waals surface area (Å²) in [6.07, 6.45) is 1.29. The Labute approximate surface area is 122 Å². The van der Waals surface area contributed by atoms with Gasteiger partial charge in [-0.15, -0.1) is 0 Å². The van der Waals surface area contributed by atoms with Gasteiger partial charge in [0, 0.05) is 18.3 Å². The molecule has 1 aromatic heterocycles. The van der Waals surface area contributed by atoms with Gasteiger partial charge in [-0.3, -0.25) is 8.98 Å². The molecule has 0 atom stereocenters. The molecule has 0 spiro atoms. The normalized spacial score (nSPS) is 11.3. The minimum Gasteiger partial charge on any atom is -0.328 e. The van der Waals surface area contributed by atoms with Crippen LogP contribution in [0.3, 0.4) is 0 Å². The van der Waals surface area contributed by atoms with Crippen LogP contribution in [0.4, 0.5) is 0 Å². The van der Waals surface area contributed by atoms with Crippen molar-refractivity contribution in [2.24, 2.45) is 5.73 Å². The number of ketones is 1. The second-order valence-electron chi connectivity index (χ2n) is 4.12. The third-order valence-electron chi connectivity index (χ3n) is 2.64. The zero-order valence-corrected chi connectivity index (χ0v) is 11.9. The van der Waals surface area contributed by atoms with Gasteiger partial charge in [0.05, 0.1) is 12.2 Å². The maximum atomic E-state index is 12.4. The summed E-state index contributed by atoms with van der Waals surface area (Å²) in [6.45, 7) is -0.119. The monoisotopic (exact) mass is 306 g/mol. The third-order valence-corrected chi connectivity index (χ3v) is 3.92. The summed E-state index contributed by atoms with van der Waals surface area (Å²) in [4.78, 5) is 16.2. The van der Waals surface area contributed by atoms with Crippen molar-refractivity contribution >= 4 is 15.9 Å². The lowest BCUT2D eigenvalue weighted by atomic mass is 10.1. The maximum Gasteiger partial charge on any atom is 0.315 e. The van der Waals surface area contributed by atoms with Crippen molar-refractivity contribution in [3.63, 3.8) is 0 Å². The van der Waals surface area contributed by atoms with Crippen molar-refractivity contribution < 1.29 is 17.4 Å². The number of carbonyl (C=O) groups is 1. The summed E-state index contributed by atoms with van der Waals surface area (Å²) in [5, 5.41) is -0.396. The summed E-state index contributed by atoms with van der Waals surface area (Å²) in [7, 11) is -4.12. The van der Waals surface area contributed by atoms with Crippen molar-refractivity contribution in [1.82, 2.24) is 4.98 Å². The van der Waals surface area contributed by atoms with Gasteiger partial charge in [-0.25, -0.2) is 4.98 Å². The molecule has 0 amide bonds. The van der Waals surface area contributed by atoms with Crippen LogP contribution in [0.5, 0.6) is 0 Å². The molecule has 0 aliphatic rings. The molecule has 0 radical (unpaired) electrons. The SMILES string of the molecule is NCCOS(=O)(=O)c1ncccc1C(=O)c1ccccc1. The molecule has 0 bridgehead atoms. The van der Waals surface area contributed by atoms with Gasteiger partial charge in [0.25, 0.3) is 0 Å². The van der Waals surface area contributed by atoms with Crippen molar-refractivity contribution in [1.29, 1.82) is 0 Å². The highest BCUT2D eigenvalue weighted by molar-refractivity contribution is 7.86. The fourth-order valence-corrected chi connectivity index (χ4v) is 2.77. The van der Waals surface area contributed by atoms with E-state index in [1.807, 2.05) is 0 Å². The molecule has 0 fully saturated rings. The number of aromatic nitrogens is 1. The molecule has 6 nitrogen and oxygen atoms in total. The zero-order chi connectivity index (χ0) is 15.3. The van der Waals surface area contributed by atoms with Crippen molar-refractivity contribution in [3.05, 3.63) is 59.8 Å². The van der Waals surface area contributed by atoms with Crippen LogP contribution < -0.4 is 5.73 Å². The van der Waals surface area contributed by atoms with E-state index in [2.05, 4.69) is 4.98 Å². The molecule has 2 aromatic rings. The number of benzene rings is 1. The lowest BCUT2D eigenvalue weighted by molar-refractivity contribution is 0.103. The Balaban J connectivity index is 2.45. The highest BCUT2D eigenvalue weighted by Crippen LogP contribution is 2.18. The molecule has 0 saturated carbocycles. The van der Waals surface area contributed by atoms with Gasteiger partial charge in [-0.05, 0) is 12.1 Å². The summed E-state index contributed by atoms with van der Waals surface area (Å²) in [6, 6.07) is 11.3. The lowest BCUT2D eigenvalue weighted by Gasteiger charge is -2.08. The van der Waals surface area contributed by atoms with Gasteiger partial charge < -0.3 is 5.73 Å². The molecule has 21 heavy (non-hydrogen) atoms. The first-order chi connectivity index (χ1) is 10.1. The van der Waals surface area contributed by atoms with Gasteiger partial charge in [0.15, 0.2) is 10.8 Å². The first kappa shape index (κ1) is 15.3. The summed E-state index contributed by atoms with van der Waals surface area (Å²) in [5.41, 5.74) is 5.57. The molecule has 0 unspecified atom stereocenters.